The maximum Gasteiger partial charge on any atom is 2.00 e. The van der Waals surface area contributed by atoms with Crippen LogP contribution in [0.1, 0.15) is 0 Å². The molecule has 0 saturated carbocycles. The molecule has 0 atom stereocenters. The van der Waals surface area contributed by atoms with Gasteiger partial charge in [-0.3, -0.25) is 9.97 Å². The predicted octanol–water partition coefficient (Wildman–Crippen LogP) is 11.3. The molecule has 4 aromatic heterocycles. The Bertz CT molecular complexity index is 3200. The summed E-state index contributed by atoms with van der Waals surface area (Å²) in [4.78, 5) is 14.6. The molecule has 0 aliphatic heterocycles. The summed E-state index contributed by atoms with van der Waals surface area (Å²) in [5.74, 6) is 0.845. The zero-order valence-corrected chi connectivity index (χ0v) is 30.4. The molecule has 0 amide bonds. The molecule has 0 radical (unpaired) electrons. The number of pyridine rings is 1. The van der Waals surface area contributed by atoms with E-state index in [0.717, 1.165) is 88.5 Å². The minimum atomic E-state index is 0. The number of aromatic nitrogens is 5. The van der Waals surface area contributed by atoms with Crippen LogP contribution in [-0.4, -0.2) is 24.1 Å². The molecule has 0 aliphatic carbocycles. The van der Waals surface area contributed by atoms with Gasteiger partial charge in [-0.1, -0.05) is 108 Å². The topological polar surface area (TPSA) is 48.5 Å². The molecule has 5 nitrogen and oxygen atoms in total. The molecule has 0 fully saturated rings. The number of nitrogens with zero attached hydrogens (tertiary/aromatic N) is 5. The molecule has 0 spiro atoms. The van der Waals surface area contributed by atoms with Crippen LogP contribution in [0, 0.1) is 12.1 Å². The fraction of sp³-hybridized carbons (Fsp3) is 0. The summed E-state index contributed by atoms with van der Waals surface area (Å²) in [6, 6.07) is 60.7. The first kappa shape index (κ1) is 31.3. The first-order valence-electron chi connectivity index (χ1n) is 17.4. The second kappa shape index (κ2) is 12.4. The van der Waals surface area contributed by atoms with E-state index in [4.69, 9.17) is 15.0 Å². The monoisotopic (exact) mass is 856 g/mol. The van der Waals surface area contributed by atoms with E-state index in [0.29, 0.717) is 0 Å². The molecule has 0 bridgehead atoms. The van der Waals surface area contributed by atoms with Crippen molar-refractivity contribution in [3.63, 3.8) is 0 Å². The SMILES string of the molecule is [Pt+2].[c-]1c(-c2cnc3ccccc3n2)ccc2c3cc4ccccc4cc3n(-c3[c-]c4c(cc3)c3ccccc3n4-c3cc(-c4ccccc4)ccn3)c12. The first-order valence-corrected chi connectivity index (χ1v) is 17.4. The fourth-order valence-electron chi connectivity index (χ4n) is 7.71. The van der Waals surface area contributed by atoms with Crippen molar-refractivity contribution < 1.29 is 21.1 Å². The molecular weight excluding hydrogens is 830 g/mol. The fourth-order valence-corrected chi connectivity index (χ4v) is 7.71. The van der Waals surface area contributed by atoms with Gasteiger partial charge in [-0.2, -0.15) is 6.07 Å². The van der Waals surface area contributed by atoms with Gasteiger partial charge in [-0.25, -0.2) is 4.98 Å². The van der Waals surface area contributed by atoms with E-state index in [1.807, 2.05) is 42.7 Å². The van der Waals surface area contributed by atoms with Gasteiger partial charge in [-0.15, -0.1) is 41.3 Å². The number of hydrogen-bond donors (Lipinski definition) is 0. The Balaban J connectivity index is 0.00000349. The smallest absolute Gasteiger partial charge is 0.352 e. The van der Waals surface area contributed by atoms with Crippen molar-refractivity contribution >= 4 is 65.4 Å². The van der Waals surface area contributed by atoms with E-state index in [-0.39, 0.29) is 21.1 Å². The normalized spacial score (nSPS) is 11.6. The van der Waals surface area contributed by atoms with Crippen LogP contribution in [0.3, 0.4) is 0 Å². The van der Waals surface area contributed by atoms with Gasteiger partial charge < -0.3 is 9.13 Å². The van der Waals surface area contributed by atoms with Gasteiger partial charge >= 0.3 is 21.1 Å². The molecule has 250 valence electrons. The van der Waals surface area contributed by atoms with Crippen molar-refractivity contribution in [1.82, 2.24) is 24.1 Å². The average Bonchev–Trinajstić information content (AvgIpc) is 3.71. The third-order valence-electron chi connectivity index (χ3n) is 10.2. The minimum Gasteiger partial charge on any atom is -0.352 e. The summed E-state index contributed by atoms with van der Waals surface area (Å²) < 4.78 is 4.54. The Morgan fingerprint density at radius 1 is 0.472 bits per heavy atom. The third kappa shape index (κ3) is 5.00. The van der Waals surface area contributed by atoms with Crippen molar-refractivity contribution in [3.8, 4) is 33.9 Å². The van der Waals surface area contributed by atoms with Gasteiger partial charge in [0.1, 0.15) is 5.82 Å². The number of benzene rings is 7. The van der Waals surface area contributed by atoms with E-state index in [1.165, 1.54) is 10.8 Å². The molecule has 0 unspecified atom stereocenters. The standard InChI is InChI=1S/C47H27N5.Pt/c1-2-10-30(11-3-1)33-22-23-48-47(27-33)52-43-17-9-6-14-36(43)37-21-19-35(28-46(37)52)51-44-26-34(42-29-49-40-15-7-8-16-41(40)50-42)18-20-38(44)39-24-31-12-4-5-13-32(31)25-45(39)51;/h1-25,27,29H;/q-2;+2. The molecule has 4 heterocycles. The Morgan fingerprint density at radius 2 is 1.19 bits per heavy atom. The van der Waals surface area contributed by atoms with Crippen molar-refractivity contribution in [2.75, 3.05) is 0 Å². The maximum absolute atomic E-state index is 4.97. The maximum atomic E-state index is 4.97. The first-order chi connectivity index (χ1) is 25.8. The largest absolute Gasteiger partial charge is 2.00 e. The summed E-state index contributed by atoms with van der Waals surface area (Å²) in [5.41, 5.74) is 10.7. The van der Waals surface area contributed by atoms with Crippen LogP contribution >= 0.6 is 0 Å². The van der Waals surface area contributed by atoms with Crippen LogP contribution in [0.2, 0.25) is 0 Å². The third-order valence-corrected chi connectivity index (χ3v) is 10.2. The second-order valence-corrected chi connectivity index (χ2v) is 13.2. The van der Waals surface area contributed by atoms with Gasteiger partial charge in [0.25, 0.3) is 0 Å². The summed E-state index contributed by atoms with van der Waals surface area (Å²) in [5, 5.41) is 6.92. The van der Waals surface area contributed by atoms with Crippen molar-refractivity contribution in [3.05, 3.63) is 176 Å². The quantitative estimate of drug-likeness (QED) is 0.166. The van der Waals surface area contributed by atoms with Crippen LogP contribution in [0.15, 0.2) is 164 Å². The summed E-state index contributed by atoms with van der Waals surface area (Å²) in [7, 11) is 0. The summed E-state index contributed by atoms with van der Waals surface area (Å²) in [6.07, 6.45) is 3.74. The number of hydrogen-bond acceptors (Lipinski definition) is 3. The molecule has 6 heteroatoms. The van der Waals surface area contributed by atoms with Crippen molar-refractivity contribution in [1.29, 1.82) is 0 Å². The van der Waals surface area contributed by atoms with E-state index in [1.54, 1.807) is 0 Å². The van der Waals surface area contributed by atoms with E-state index < -0.39 is 0 Å². The number of para-hydroxylation sites is 3. The summed E-state index contributed by atoms with van der Waals surface area (Å²) in [6.45, 7) is 0. The van der Waals surface area contributed by atoms with Gasteiger partial charge in [0.15, 0.2) is 0 Å². The van der Waals surface area contributed by atoms with Crippen molar-refractivity contribution in [2.24, 2.45) is 0 Å². The Hall–Kier alpha value is -6.42. The molecule has 0 aliphatic rings. The van der Waals surface area contributed by atoms with Crippen LogP contribution in [0.4, 0.5) is 0 Å². The second-order valence-electron chi connectivity index (χ2n) is 13.2. The average molecular weight is 857 g/mol. The van der Waals surface area contributed by atoms with Crippen molar-refractivity contribution in [2.45, 2.75) is 0 Å². The molecule has 7 aromatic carbocycles. The summed E-state index contributed by atoms with van der Waals surface area (Å²) >= 11 is 0. The minimum absolute atomic E-state index is 0. The van der Waals surface area contributed by atoms with E-state index in [2.05, 4.69) is 143 Å². The molecule has 11 aromatic rings. The van der Waals surface area contributed by atoms with Crippen LogP contribution in [-0.2, 0) is 21.1 Å². The van der Waals surface area contributed by atoms with Gasteiger partial charge in [0.2, 0.25) is 0 Å². The van der Waals surface area contributed by atoms with Gasteiger partial charge in [0.05, 0.1) is 11.0 Å². The Labute approximate surface area is 319 Å². The Kier molecular flexibility index (Phi) is 7.31. The van der Waals surface area contributed by atoms with E-state index in [9.17, 15) is 0 Å². The zero-order chi connectivity index (χ0) is 34.2. The van der Waals surface area contributed by atoms with Crippen LogP contribution in [0.25, 0.3) is 99.3 Å². The number of rotatable bonds is 4. The molecule has 0 saturated heterocycles. The molecular formula is C47H27N5Pt. The predicted molar refractivity (Wildman–Crippen MR) is 212 cm³/mol. The Morgan fingerprint density at radius 3 is 2.08 bits per heavy atom. The van der Waals surface area contributed by atoms with Crippen LogP contribution in [0.5, 0.6) is 0 Å². The zero-order valence-electron chi connectivity index (χ0n) is 28.1. The van der Waals surface area contributed by atoms with Crippen LogP contribution < -0.4 is 0 Å². The van der Waals surface area contributed by atoms with Gasteiger partial charge in [-0.05, 0) is 74.6 Å². The molecule has 53 heavy (non-hydrogen) atoms. The molecule has 0 N–H and O–H groups in total. The van der Waals surface area contributed by atoms with E-state index >= 15 is 0 Å². The van der Waals surface area contributed by atoms with Gasteiger partial charge in [0, 0.05) is 29.1 Å². The molecule has 11 rings (SSSR count). The number of fused-ring (bicyclic) bond motifs is 8.